The van der Waals surface area contributed by atoms with Gasteiger partial charge in [0.05, 0.1) is 4.91 Å². The van der Waals surface area contributed by atoms with Crippen molar-refractivity contribution in [2.45, 2.75) is 57.4 Å². The standard InChI is InChI=1S/C30H36ClN3OS3.2ClH/c31-24-9-7-21(8-10-24)26-18-23(4-2-1-3-13-33-14-11-32-12-15-33)27(37-26)19-28-29(35)34(30(36)38-28)25-17-20-5-6-22(25)16-20;;/h7-10,18-20,22,25,32H,1-6,11-17H2;2*1H. The lowest BCUT2D eigenvalue weighted by molar-refractivity contribution is -0.124. The summed E-state index contributed by atoms with van der Waals surface area (Å²) in [6, 6.07) is 10.7. The number of unbranched alkanes of at least 4 members (excludes halogenated alkanes) is 2. The molecule has 4 aliphatic rings. The zero-order valence-electron chi connectivity index (χ0n) is 22.6. The number of hydrogen-bond donors (Lipinski definition) is 1. The molecule has 1 aromatic carbocycles. The van der Waals surface area contributed by atoms with Gasteiger partial charge in [-0.3, -0.25) is 9.69 Å². The number of fused-ring (bicyclic) bond motifs is 2. The number of aryl methyl sites for hydroxylation is 1. The first kappa shape index (κ1) is 32.3. The minimum atomic E-state index is 0. The van der Waals surface area contributed by atoms with E-state index in [4.69, 9.17) is 23.8 Å². The maximum Gasteiger partial charge on any atom is 0.266 e. The monoisotopic (exact) mass is 657 g/mol. The summed E-state index contributed by atoms with van der Waals surface area (Å²) in [7, 11) is 0. The smallest absolute Gasteiger partial charge is 0.266 e. The van der Waals surface area contributed by atoms with Gasteiger partial charge in [0.2, 0.25) is 0 Å². The number of thiophene rings is 1. The fourth-order valence-corrected chi connectivity index (χ4v) is 9.41. The summed E-state index contributed by atoms with van der Waals surface area (Å²) in [5.41, 5.74) is 2.51. The maximum atomic E-state index is 13.6. The summed E-state index contributed by atoms with van der Waals surface area (Å²) in [4.78, 5) is 21.4. The van der Waals surface area contributed by atoms with E-state index in [1.807, 2.05) is 17.0 Å². The molecule has 2 aliphatic heterocycles. The van der Waals surface area contributed by atoms with Gasteiger partial charge in [0.15, 0.2) is 0 Å². The maximum absolute atomic E-state index is 13.6. The van der Waals surface area contributed by atoms with E-state index in [-0.39, 0.29) is 30.7 Å². The highest BCUT2D eigenvalue weighted by Crippen LogP contribution is 2.49. The van der Waals surface area contributed by atoms with Crippen LogP contribution in [0.1, 0.15) is 55.4 Å². The predicted octanol–water partition coefficient (Wildman–Crippen LogP) is 7.92. The molecule has 2 saturated heterocycles. The molecule has 1 N–H and O–H groups in total. The molecule has 218 valence electrons. The number of hydrogen-bond acceptors (Lipinski definition) is 6. The van der Waals surface area contributed by atoms with E-state index in [2.05, 4.69) is 34.5 Å². The SMILES string of the molecule is Cl.Cl.O=C1C(=Cc2sc(-c3ccc(Cl)cc3)cc2CCCCCN2CCNCC2)SC(=S)N1C1CC2CCC1C2. The molecule has 3 unspecified atom stereocenters. The molecule has 1 aromatic heterocycles. The molecular formula is C30H38Cl3N3OS3. The molecule has 2 bridgehead atoms. The minimum absolute atomic E-state index is 0. The fourth-order valence-electron chi connectivity index (χ4n) is 6.69. The van der Waals surface area contributed by atoms with Crippen molar-refractivity contribution in [3.63, 3.8) is 0 Å². The van der Waals surface area contributed by atoms with Crippen LogP contribution >= 0.6 is 71.7 Å². The lowest BCUT2D eigenvalue weighted by atomic mass is 9.94. The average Bonchev–Trinajstić information content (AvgIpc) is 3.70. The number of piperazine rings is 1. The Kier molecular flexibility index (Phi) is 11.9. The first-order valence-electron chi connectivity index (χ1n) is 14.1. The molecule has 0 radical (unpaired) electrons. The Labute approximate surface area is 269 Å². The molecule has 4 nitrogen and oxygen atoms in total. The lowest BCUT2D eigenvalue weighted by Crippen LogP contribution is -2.43. The van der Waals surface area contributed by atoms with Gasteiger partial charge >= 0.3 is 0 Å². The number of carbonyl (C=O) groups is 1. The molecule has 40 heavy (non-hydrogen) atoms. The van der Waals surface area contributed by atoms with E-state index in [0.29, 0.717) is 12.0 Å². The van der Waals surface area contributed by atoms with Gasteiger partial charge in [-0.25, -0.2) is 0 Å². The quantitative estimate of drug-likeness (QED) is 0.168. The second kappa shape index (κ2) is 14.7. The molecule has 2 saturated carbocycles. The van der Waals surface area contributed by atoms with Gasteiger partial charge in [0.1, 0.15) is 4.32 Å². The van der Waals surface area contributed by atoms with Gasteiger partial charge in [0.25, 0.3) is 5.91 Å². The molecule has 0 spiro atoms. The summed E-state index contributed by atoms with van der Waals surface area (Å²) in [5.74, 6) is 1.55. The number of rotatable bonds is 9. The van der Waals surface area contributed by atoms with Gasteiger partial charge in [-0.05, 0) is 92.3 Å². The van der Waals surface area contributed by atoms with Crippen molar-refractivity contribution in [3.8, 4) is 10.4 Å². The topological polar surface area (TPSA) is 35.6 Å². The Morgan fingerprint density at radius 2 is 1.82 bits per heavy atom. The number of thiocarbonyl (C=S) groups is 1. The van der Waals surface area contributed by atoms with Gasteiger partial charge in [0, 0.05) is 47.0 Å². The van der Waals surface area contributed by atoms with Crippen LogP contribution < -0.4 is 5.32 Å². The van der Waals surface area contributed by atoms with Crippen LogP contribution in [0.4, 0.5) is 0 Å². The molecule has 2 aromatic rings. The largest absolute Gasteiger partial charge is 0.314 e. The van der Waals surface area contributed by atoms with Crippen molar-refractivity contribution >= 4 is 88.0 Å². The van der Waals surface area contributed by atoms with E-state index < -0.39 is 0 Å². The molecular weight excluding hydrogens is 621 g/mol. The van der Waals surface area contributed by atoms with Crippen molar-refractivity contribution < 1.29 is 4.79 Å². The molecule has 4 fully saturated rings. The van der Waals surface area contributed by atoms with Crippen LogP contribution in [0.2, 0.25) is 5.02 Å². The predicted molar refractivity (Wildman–Crippen MR) is 180 cm³/mol. The zero-order valence-corrected chi connectivity index (χ0v) is 27.4. The Morgan fingerprint density at radius 3 is 2.52 bits per heavy atom. The molecule has 10 heteroatoms. The van der Waals surface area contributed by atoms with Gasteiger partial charge in [-0.2, -0.15) is 0 Å². The van der Waals surface area contributed by atoms with Crippen molar-refractivity contribution in [1.29, 1.82) is 0 Å². The second-order valence-electron chi connectivity index (χ2n) is 11.2. The van der Waals surface area contributed by atoms with Crippen LogP contribution in [-0.4, -0.2) is 58.8 Å². The first-order chi connectivity index (χ1) is 18.5. The molecule has 3 atom stereocenters. The van der Waals surface area contributed by atoms with Crippen LogP contribution in [0.15, 0.2) is 35.2 Å². The number of nitrogens with one attached hydrogen (secondary N) is 1. The highest BCUT2D eigenvalue weighted by Gasteiger charge is 2.48. The average molecular weight is 659 g/mol. The Morgan fingerprint density at radius 1 is 1.05 bits per heavy atom. The summed E-state index contributed by atoms with van der Waals surface area (Å²) in [6.07, 6.45) is 11.8. The molecule has 2 aliphatic carbocycles. The Hall–Kier alpha value is -0.640. The van der Waals surface area contributed by atoms with E-state index in [1.54, 1.807) is 11.3 Å². The number of benzene rings is 1. The third-order valence-corrected chi connectivity index (χ3v) is 11.5. The van der Waals surface area contributed by atoms with Gasteiger partial charge in [-0.15, -0.1) is 36.2 Å². The summed E-state index contributed by atoms with van der Waals surface area (Å²) < 4.78 is 0.753. The number of carbonyl (C=O) groups excluding carboxylic acids is 1. The highest BCUT2D eigenvalue weighted by atomic mass is 35.5. The van der Waals surface area contributed by atoms with Crippen LogP contribution in [0.25, 0.3) is 16.5 Å². The van der Waals surface area contributed by atoms with Crippen molar-refractivity contribution in [2.75, 3.05) is 32.7 Å². The van der Waals surface area contributed by atoms with Crippen molar-refractivity contribution in [1.82, 2.24) is 15.1 Å². The molecule has 1 amide bonds. The van der Waals surface area contributed by atoms with E-state index >= 15 is 0 Å². The zero-order chi connectivity index (χ0) is 26.1. The highest BCUT2D eigenvalue weighted by molar-refractivity contribution is 8.26. The van der Waals surface area contributed by atoms with Crippen molar-refractivity contribution in [3.05, 3.63) is 50.7 Å². The Balaban J connectivity index is 0.00000185. The third-order valence-electron chi connectivity index (χ3n) is 8.72. The summed E-state index contributed by atoms with van der Waals surface area (Å²) in [5, 5.41) is 4.18. The van der Waals surface area contributed by atoms with Gasteiger partial charge < -0.3 is 10.2 Å². The number of nitrogens with zero attached hydrogens (tertiary/aromatic N) is 2. The number of thioether (sulfide) groups is 1. The number of halogens is 3. The third kappa shape index (κ3) is 7.28. The van der Waals surface area contributed by atoms with E-state index in [1.165, 1.54) is 84.4 Å². The summed E-state index contributed by atoms with van der Waals surface area (Å²) in [6.45, 7) is 5.75. The van der Waals surface area contributed by atoms with Crippen LogP contribution in [0, 0.1) is 11.8 Å². The second-order valence-corrected chi connectivity index (χ2v) is 14.4. The van der Waals surface area contributed by atoms with Crippen molar-refractivity contribution in [2.24, 2.45) is 11.8 Å². The molecule has 3 heterocycles. The normalized spacial score (nSPS) is 25.5. The van der Waals surface area contributed by atoms with Crippen LogP contribution in [0.5, 0.6) is 0 Å². The van der Waals surface area contributed by atoms with Crippen LogP contribution in [0.3, 0.4) is 0 Å². The fraction of sp³-hybridized carbons (Fsp3) is 0.533. The van der Waals surface area contributed by atoms with Gasteiger partial charge in [-0.1, -0.05) is 60.6 Å². The first-order valence-corrected chi connectivity index (χ1v) is 16.6. The lowest BCUT2D eigenvalue weighted by Gasteiger charge is -2.30. The summed E-state index contributed by atoms with van der Waals surface area (Å²) >= 11 is 15.2. The van der Waals surface area contributed by atoms with E-state index in [0.717, 1.165) is 52.5 Å². The van der Waals surface area contributed by atoms with E-state index in [9.17, 15) is 4.79 Å². The number of amides is 1. The Bertz CT molecular complexity index is 1210. The van der Waals surface area contributed by atoms with Crippen LogP contribution in [-0.2, 0) is 11.2 Å². The minimum Gasteiger partial charge on any atom is -0.314 e. The molecule has 6 rings (SSSR count).